The molecule has 23 heavy (non-hydrogen) atoms. The van der Waals surface area contributed by atoms with Gasteiger partial charge in [0.25, 0.3) is 0 Å². The fourth-order valence-electron chi connectivity index (χ4n) is 2.65. The van der Waals surface area contributed by atoms with E-state index in [1.54, 1.807) is 22.4 Å². The van der Waals surface area contributed by atoms with Gasteiger partial charge in [0.05, 0.1) is 5.01 Å². The Balaban J connectivity index is 1.54. The van der Waals surface area contributed by atoms with Crippen LogP contribution in [0.25, 0.3) is 0 Å². The average molecular weight is 344 g/mol. The largest absolute Gasteiger partial charge is 0.435 e. The van der Waals surface area contributed by atoms with E-state index in [9.17, 15) is 18.0 Å². The maximum absolute atomic E-state index is 12.5. The molecule has 0 radical (unpaired) electrons. The van der Waals surface area contributed by atoms with Crippen LogP contribution in [-0.2, 0) is 17.5 Å². The third kappa shape index (κ3) is 3.72. The molecule has 0 unspecified atom stereocenters. The van der Waals surface area contributed by atoms with Crippen LogP contribution in [-0.4, -0.2) is 38.7 Å². The Morgan fingerprint density at radius 1 is 1.35 bits per heavy atom. The number of nitrogens with zero attached hydrogens (tertiary/aromatic N) is 4. The lowest BCUT2D eigenvalue weighted by molar-refractivity contribution is -0.142. The average Bonchev–Trinajstić information content (AvgIpc) is 3.18. The van der Waals surface area contributed by atoms with E-state index >= 15 is 0 Å². The van der Waals surface area contributed by atoms with Crippen molar-refractivity contribution < 1.29 is 18.0 Å². The molecular formula is C14H15F3N4OS. The number of hydrogen-bond donors (Lipinski definition) is 0. The molecule has 0 atom stereocenters. The molecule has 3 heterocycles. The van der Waals surface area contributed by atoms with E-state index in [0.717, 1.165) is 28.6 Å². The van der Waals surface area contributed by atoms with Crippen molar-refractivity contribution in [2.45, 2.75) is 31.5 Å². The van der Waals surface area contributed by atoms with Gasteiger partial charge >= 0.3 is 6.18 Å². The second-order valence-corrected chi connectivity index (χ2v) is 6.35. The van der Waals surface area contributed by atoms with E-state index in [1.807, 2.05) is 5.38 Å². The fraction of sp³-hybridized carbons (Fsp3) is 0.500. The lowest BCUT2D eigenvalue weighted by Gasteiger charge is -2.31. The zero-order chi connectivity index (χ0) is 16.4. The van der Waals surface area contributed by atoms with Crippen molar-refractivity contribution in [3.8, 4) is 0 Å². The van der Waals surface area contributed by atoms with Crippen LogP contribution in [0.2, 0.25) is 0 Å². The lowest BCUT2D eigenvalue weighted by Crippen LogP contribution is -2.39. The molecule has 0 aromatic carbocycles. The highest BCUT2D eigenvalue weighted by atomic mass is 32.1. The van der Waals surface area contributed by atoms with Gasteiger partial charge in [0.15, 0.2) is 5.69 Å². The first-order chi connectivity index (χ1) is 10.9. The highest BCUT2D eigenvalue weighted by Crippen LogP contribution is 2.29. The SMILES string of the molecule is O=C(Cn1ccc(C(F)(F)F)n1)N1CCC(c2nccs2)CC1. The predicted molar refractivity (Wildman–Crippen MR) is 77.9 cm³/mol. The van der Waals surface area contributed by atoms with E-state index in [2.05, 4.69) is 10.1 Å². The number of carbonyl (C=O) groups is 1. The number of halogens is 3. The Morgan fingerprint density at radius 3 is 2.65 bits per heavy atom. The first-order valence-corrected chi connectivity index (χ1v) is 8.09. The molecule has 0 spiro atoms. The molecular weight excluding hydrogens is 329 g/mol. The van der Waals surface area contributed by atoms with Crippen LogP contribution in [0.15, 0.2) is 23.8 Å². The van der Waals surface area contributed by atoms with Crippen LogP contribution < -0.4 is 0 Å². The molecule has 3 rings (SSSR count). The van der Waals surface area contributed by atoms with E-state index in [0.29, 0.717) is 19.0 Å². The van der Waals surface area contributed by atoms with Crippen molar-refractivity contribution >= 4 is 17.2 Å². The summed E-state index contributed by atoms with van der Waals surface area (Å²) in [4.78, 5) is 18.2. The number of rotatable bonds is 3. The number of amides is 1. The zero-order valence-electron chi connectivity index (χ0n) is 12.2. The summed E-state index contributed by atoms with van der Waals surface area (Å²) < 4.78 is 38.5. The molecule has 5 nitrogen and oxygen atoms in total. The van der Waals surface area contributed by atoms with Crippen molar-refractivity contribution in [3.05, 3.63) is 34.5 Å². The molecule has 1 aliphatic rings. The number of piperidine rings is 1. The monoisotopic (exact) mass is 344 g/mol. The molecule has 1 saturated heterocycles. The molecule has 9 heteroatoms. The minimum atomic E-state index is -4.49. The van der Waals surface area contributed by atoms with Crippen LogP contribution in [0.3, 0.4) is 0 Å². The number of hydrogen-bond acceptors (Lipinski definition) is 4. The van der Waals surface area contributed by atoms with E-state index < -0.39 is 11.9 Å². The number of alkyl halides is 3. The molecule has 2 aromatic rings. The number of likely N-dealkylation sites (tertiary alicyclic amines) is 1. The van der Waals surface area contributed by atoms with E-state index in [-0.39, 0.29) is 12.5 Å². The molecule has 1 fully saturated rings. The van der Waals surface area contributed by atoms with E-state index in [4.69, 9.17) is 0 Å². The Kier molecular flexibility index (Phi) is 4.38. The predicted octanol–water partition coefficient (Wildman–Crippen LogP) is 2.76. The minimum Gasteiger partial charge on any atom is -0.341 e. The normalized spacial score (nSPS) is 16.7. The summed E-state index contributed by atoms with van der Waals surface area (Å²) in [5, 5.41) is 6.42. The van der Waals surface area contributed by atoms with Crippen LogP contribution in [0.4, 0.5) is 13.2 Å². The third-order valence-corrected chi connectivity index (χ3v) is 4.81. The van der Waals surface area contributed by atoms with Crippen molar-refractivity contribution in [2.24, 2.45) is 0 Å². The number of thiazole rings is 1. The summed E-state index contributed by atoms with van der Waals surface area (Å²) in [6, 6.07) is 0.877. The second-order valence-electron chi connectivity index (χ2n) is 5.42. The van der Waals surface area contributed by atoms with Gasteiger partial charge in [-0.2, -0.15) is 18.3 Å². The highest BCUT2D eigenvalue weighted by Gasteiger charge is 2.34. The van der Waals surface area contributed by atoms with Gasteiger partial charge in [0, 0.05) is 36.8 Å². The Morgan fingerprint density at radius 2 is 2.09 bits per heavy atom. The quantitative estimate of drug-likeness (QED) is 0.860. The van der Waals surface area contributed by atoms with Crippen molar-refractivity contribution in [3.63, 3.8) is 0 Å². The van der Waals surface area contributed by atoms with Crippen LogP contribution in [0.5, 0.6) is 0 Å². The number of aromatic nitrogens is 3. The van der Waals surface area contributed by atoms with E-state index in [1.165, 1.54) is 6.20 Å². The summed E-state index contributed by atoms with van der Waals surface area (Å²) in [5.74, 6) is 0.153. The summed E-state index contributed by atoms with van der Waals surface area (Å²) in [5.41, 5.74) is -0.979. The van der Waals surface area contributed by atoms with Crippen molar-refractivity contribution in [1.82, 2.24) is 19.7 Å². The first-order valence-electron chi connectivity index (χ1n) is 7.21. The Labute approximate surface area is 134 Å². The van der Waals surface area contributed by atoms with Gasteiger partial charge in [-0.15, -0.1) is 11.3 Å². The zero-order valence-corrected chi connectivity index (χ0v) is 13.0. The molecule has 2 aromatic heterocycles. The van der Waals surface area contributed by atoms with Gasteiger partial charge in [-0.05, 0) is 18.9 Å². The summed E-state index contributed by atoms with van der Waals surface area (Å²) in [6.45, 7) is 1.02. The maximum atomic E-state index is 12.5. The summed E-state index contributed by atoms with van der Waals surface area (Å²) in [6.07, 6.45) is 0.120. The van der Waals surface area contributed by atoms with Crippen LogP contribution in [0, 0.1) is 0 Å². The van der Waals surface area contributed by atoms with Crippen LogP contribution in [0.1, 0.15) is 29.5 Å². The highest BCUT2D eigenvalue weighted by molar-refractivity contribution is 7.09. The van der Waals surface area contributed by atoms with Gasteiger partial charge in [-0.25, -0.2) is 4.98 Å². The molecule has 124 valence electrons. The van der Waals surface area contributed by atoms with Crippen LogP contribution >= 0.6 is 11.3 Å². The Hall–Kier alpha value is -1.90. The second kappa shape index (κ2) is 6.31. The molecule has 0 bridgehead atoms. The van der Waals surface area contributed by atoms with Gasteiger partial charge in [-0.3, -0.25) is 9.48 Å². The smallest absolute Gasteiger partial charge is 0.341 e. The first kappa shape index (κ1) is 16.0. The fourth-order valence-corrected chi connectivity index (χ4v) is 3.46. The standard InChI is InChI=1S/C14H15F3N4OS/c15-14(16,17)11-3-7-21(19-11)9-12(22)20-5-1-10(2-6-20)13-18-4-8-23-13/h3-4,7-8,10H,1-2,5-6,9H2. The Bertz CT molecular complexity index is 660. The molecule has 0 N–H and O–H groups in total. The topological polar surface area (TPSA) is 51.0 Å². The molecule has 1 aliphatic heterocycles. The molecule has 1 amide bonds. The summed E-state index contributed by atoms with van der Waals surface area (Å²) in [7, 11) is 0. The van der Waals surface area contributed by atoms with Crippen molar-refractivity contribution in [1.29, 1.82) is 0 Å². The molecule has 0 aliphatic carbocycles. The van der Waals surface area contributed by atoms with Crippen molar-refractivity contribution in [2.75, 3.05) is 13.1 Å². The van der Waals surface area contributed by atoms with Gasteiger partial charge < -0.3 is 4.90 Å². The summed E-state index contributed by atoms with van der Waals surface area (Å²) >= 11 is 1.61. The minimum absolute atomic E-state index is 0.169. The van der Waals surface area contributed by atoms with Gasteiger partial charge in [0.2, 0.25) is 5.91 Å². The maximum Gasteiger partial charge on any atom is 0.435 e. The molecule has 0 saturated carbocycles. The third-order valence-electron chi connectivity index (χ3n) is 3.88. The van der Waals surface area contributed by atoms with Gasteiger partial charge in [0.1, 0.15) is 6.54 Å². The lowest BCUT2D eigenvalue weighted by atomic mass is 9.97. The van der Waals surface area contributed by atoms with Gasteiger partial charge in [-0.1, -0.05) is 0 Å². The number of carbonyl (C=O) groups excluding carboxylic acids is 1.